The Morgan fingerprint density at radius 2 is 2.07 bits per heavy atom. The molecule has 0 atom stereocenters. The zero-order valence-corrected chi connectivity index (χ0v) is 15.8. The van der Waals surface area contributed by atoms with Gasteiger partial charge in [0.25, 0.3) is 5.69 Å². The van der Waals surface area contributed by atoms with Crippen LogP contribution in [0.5, 0.6) is 0 Å². The van der Waals surface area contributed by atoms with Crippen molar-refractivity contribution in [2.45, 2.75) is 6.54 Å². The van der Waals surface area contributed by atoms with Gasteiger partial charge in [-0.1, -0.05) is 24.3 Å². The first-order valence-corrected chi connectivity index (χ1v) is 9.22. The summed E-state index contributed by atoms with van der Waals surface area (Å²) < 4.78 is 13.2. The average molecular weight is 400 g/mol. The van der Waals surface area contributed by atoms with Crippen LogP contribution in [0.3, 0.4) is 0 Å². The third-order valence-corrected chi connectivity index (χ3v) is 4.62. The molecule has 0 saturated carbocycles. The molecule has 0 saturated heterocycles. The number of rotatable bonds is 7. The fourth-order valence-electron chi connectivity index (χ4n) is 2.65. The molecule has 1 N–H and O–H groups in total. The van der Waals surface area contributed by atoms with Crippen molar-refractivity contribution in [1.29, 1.82) is 0 Å². The number of non-ortho nitro benzene ring substituents is 1. The number of halogens is 1. The summed E-state index contributed by atoms with van der Waals surface area (Å²) in [5, 5.41) is 15.7. The highest BCUT2D eigenvalue weighted by Gasteiger charge is 2.13. The monoisotopic (exact) mass is 400 g/mol. The summed E-state index contributed by atoms with van der Waals surface area (Å²) in [7, 11) is 1.76. The fraction of sp³-hybridized carbons (Fsp3) is 0.158. The van der Waals surface area contributed by atoms with Crippen LogP contribution in [0.4, 0.5) is 15.2 Å². The van der Waals surface area contributed by atoms with Gasteiger partial charge in [0.15, 0.2) is 5.13 Å². The summed E-state index contributed by atoms with van der Waals surface area (Å²) in [6.45, 7) is 0.546. The predicted octanol–water partition coefficient (Wildman–Crippen LogP) is 3.93. The summed E-state index contributed by atoms with van der Waals surface area (Å²) in [5.41, 5.74) is 1.92. The molecule has 0 aliphatic heterocycles. The second kappa shape index (κ2) is 8.68. The number of amides is 1. The van der Waals surface area contributed by atoms with E-state index >= 15 is 0 Å². The first-order chi connectivity index (χ1) is 13.4. The highest BCUT2D eigenvalue weighted by molar-refractivity contribution is 7.14. The van der Waals surface area contributed by atoms with Gasteiger partial charge in [-0.15, -0.1) is 11.3 Å². The Kier molecular flexibility index (Phi) is 6.07. The van der Waals surface area contributed by atoms with Crippen LogP contribution in [0.2, 0.25) is 0 Å². The minimum absolute atomic E-state index is 0.0185. The number of nitro benzene ring substituents is 1. The summed E-state index contributed by atoms with van der Waals surface area (Å²) in [5.74, 6) is -0.564. The summed E-state index contributed by atoms with van der Waals surface area (Å²) in [6.07, 6.45) is 0. The molecule has 0 unspecified atom stereocenters. The van der Waals surface area contributed by atoms with Gasteiger partial charge in [0.2, 0.25) is 5.91 Å². The van der Waals surface area contributed by atoms with Gasteiger partial charge in [-0.3, -0.25) is 19.8 Å². The van der Waals surface area contributed by atoms with Crippen molar-refractivity contribution in [3.05, 3.63) is 75.4 Å². The van der Waals surface area contributed by atoms with Crippen molar-refractivity contribution in [2.24, 2.45) is 0 Å². The molecule has 7 nitrogen and oxygen atoms in total. The Balaban J connectivity index is 1.59. The zero-order valence-electron chi connectivity index (χ0n) is 15.0. The lowest BCUT2D eigenvalue weighted by Crippen LogP contribution is -2.29. The van der Waals surface area contributed by atoms with Crippen LogP contribution in [-0.2, 0) is 11.3 Å². The lowest BCUT2D eigenvalue weighted by molar-refractivity contribution is -0.384. The van der Waals surface area contributed by atoms with Crippen LogP contribution in [-0.4, -0.2) is 34.3 Å². The van der Waals surface area contributed by atoms with Gasteiger partial charge in [-0.05, 0) is 24.7 Å². The van der Waals surface area contributed by atoms with Crippen LogP contribution in [0.1, 0.15) is 5.56 Å². The largest absolute Gasteiger partial charge is 0.301 e. The molecular formula is C19H17FN4O3S. The Morgan fingerprint density at radius 1 is 1.29 bits per heavy atom. The number of carbonyl (C=O) groups excluding carboxylic acids is 1. The van der Waals surface area contributed by atoms with E-state index in [1.807, 2.05) is 0 Å². The fourth-order valence-corrected chi connectivity index (χ4v) is 3.39. The van der Waals surface area contributed by atoms with Crippen LogP contribution in [0.15, 0.2) is 53.9 Å². The molecule has 3 aromatic rings. The molecule has 0 radical (unpaired) electrons. The van der Waals surface area contributed by atoms with Gasteiger partial charge in [0.1, 0.15) is 5.82 Å². The SMILES string of the molecule is CN(CC(=O)Nc1nc(-c2cccc([N+](=O)[O-])c2)cs1)Cc1cccc(F)c1. The topological polar surface area (TPSA) is 88.4 Å². The number of likely N-dealkylation sites (N-methyl/N-ethyl adjacent to an activating group) is 1. The van der Waals surface area contributed by atoms with E-state index in [9.17, 15) is 19.3 Å². The van der Waals surface area contributed by atoms with E-state index in [1.165, 1.54) is 35.6 Å². The van der Waals surface area contributed by atoms with Crippen molar-refractivity contribution in [2.75, 3.05) is 18.9 Å². The summed E-state index contributed by atoms with van der Waals surface area (Å²) in [6, 6.07) is 12.4. The van der Waals surface area contributed by atoms with Gasteiger partial charge >= 0.3 is 0 Å². The molecular weight excluding hydrogens is 383 g/mol. The molecule has 0 bridgehead atoms. The Morgan fingerprint density at radius 3 is 2.82 bits per heavy atom. The second-order valence-corrected chi connectivity index (χ2v) is 7.05. The average Bonchev–Trinajstić information content (AvgIpc) is 3.10. The van der Waals surface area contributed by atoms with Crippen molar-refractivity contribution < 1.29 is 14.1 Å². The third-order valence-electron chi connectivity index (χ3n) is 3.86. The number of nitrogens with one attached hydrogen (secondary N) is 1. The summed E-state index contributed by atoms with van der Waals surface area (Å²) in [4.78, 5) is 28.7. The highest BCUT2D eigenvalue weighted by Crippen LogP contribution is 2.27. The molecule has 28 heavy (non-hydrogen) atoms. The van der Waals surface area contributed by atoms with Crippen LogP contribution in [0.25, 0.3) is 11.3 Å². The molecule has 144 valence electrons. The van der Waals surface area contributed by atoms with Crippen molar-refractivity contribution >= 4 is 28.1 Å². The Bertz CT molecular complexity index is 1010. The van der Waals surface area contributed by atoms with E-state index in [0.717, 1.165) is 5.56 Å². The minimum atomic E-state index is -0.465. The second-order valence-electron chi connectivity index (χ2n) is 6.20. The third kappa shape index (κ3) is 5.18. The molecule has 0 spiro atoms. The smallest absolute Gasteiger partial charge is 0.270 e. The van der Waals surface area contributed by atoms with E-state index < -0.39 is 4.92 Å². The van der Waals surface area contributed by atoms with Gasteiger partial charge in [-0.25, -0.2) is 9.37 Å². The first kappa shape index (κ1) is 19.6. The van der Waals surface area contributed by atoms with E-state index in [2.05, 4.69) is 10.3 Å². The standard InChI is InChI=1S/C19H17FN4O3S/c1-23(10-13-4-2-6-15(20)8-13)11-18(25)22-19-21-17(12-28-19)14-5-3-7-16(9-14)24(26)27/h2-9,12H,10-11H2,1H3,(H,21,22,25). The lowest BCUT2D eigenvalue weighted by Gasteiger charge is -2.15. The number of benzene rings is 2. The normalized spacial score (nSPS) is 10.8. The number of hydrogen-bond donors (Lipinski definition) is 1. The minimum Gasteiger partial charge on any atom is -0.301 e. The number of aromatic nitrogens is 1. The molecule has 0 fully saturated rings. The maximum atomic E-state index is 13.2. The lowest BCUT2D eigenvalue weighted by atomic mass is 10.1. The molecule has 9 heteroatoms. The van der Waals surface area contributed by atoms with Gasteiger partial charge in [-0.2, -0.15) is 0 Å². The van der Waals surface area contributed by atoms with Crippen LogP contribution in [0, 0.1) is 15.9 Å². The van der Waals surface area contributed by atoms with Gasteiger partial charge in [0.05, 0.1) is 17.2 Å². The number of anilines is 1. The molecule has 2 aromatic carbocycles. The first-order valence-electron chi connectivity index (χ1n) is 8.34. The van der Waals surface area contributed by atoms with Crippen molar-refractivity contribution in [1.82, 2.24) is 9.88 Å². The molecule has 0 aliphatic rings. The zero-order chi connectivity index (χ0) is 20.1. The number of nitrogens with zero attached hydrogens (tertiary/aromatic N) is 3. The quantitative estimate of drug-likeness (QED) is 0.480. The molecule has 1 amide bonds. The van der Waals surface area contributed by atoms with Crippen molar-refractivity contribution in [3.63, 3.8) is 0 Å². The van der Waals surface area contributed by atoms with Crippen LogP contribution < -0.4 is 5.32 Å². The Labute approximate surface area is 164 Å². The van der Waals surface area contributed by atoms with Crippen LogP contribution >= 0.6 is 11.3 Å². The Hall–Kier alpha value is -3.17. The van der Waals surface area contributed by atoms with Crippen molar-refractivity contribution in [3.8, 4) is 11.3 Å². The predicted molar refractivity (Wildman–Crippen MR) is 106 cm³/mol. The number of hydrogen-bond acceptors (Lipinski definition) is 6. The van der Waals surface area contributed by atoms with E-state index in [0.29, 0.717) is 22.9 Å². The van der Waals surface area contributed by atoms with Gasteiger partial charge in [0, 0.05) is 29.6 Å². The number of carbonyl (C=O) groups is 1. The number of thiazole rings is 1. The maximum Gasteiger partial charge on any atom is 0.270 e. The number of nitro groups is 1. The molecule has 1 aromatic heterocycles. The van der Waals surface area contributed by atoms with E-state index in [-0.39, 0.29) is 24.0 Å². The molecule has 0 aliphatic carbocycles. The maximum absolute atomic E-state index is 13.2. The van der Waals surface area contributed by atoms with Gasteiger partial charge < -0.3 is 5.32 Å². The summed E-state index contributed by atoms with van der Waals surface area (Å²) >= 11 is 1.24. The molecule has 1 heterocycles. The van der Waals surface area contributed by atoms with E-state index in [1.54, 1.807) is 41.6 Å². The van der Waals surface area contributed by atoms with E-state index in [4.69, 9.17) is 0 Å². The highest BCUT2D eigenvalue weighted by atomic mass is 32.1. The molecule has 3 rings (SSSR count).